The van der Waals surface area contributed by atoms with Crippen molar-refractivity contribution in [3.8, 4) is 17.2 Å². The van der Waals surface area contributed by atoms with E-state index in [0.717, 1.165) is 48.7 Å². The lowest BCUT2D eigenvalue weighted by atomic mass is 10.1. The van der Waals surface area contributed by atoms with E-state index >= 15 is 0 Å². The van der Waals surface area contributed by atoms with Gasteiger partial charge in [-0.3, -0.25) is 9.69 Å². The summed E-state index contributed by atoms with van der Waals surface area (Å²) in [6, 6.07) is 24.1. The smallest absolute Gasteiger partial charge is 0.255 e. The van der Waals surface area contributed by atoms with Crippen LogP contribution in [0.3, 0.4) is 0 Å². The summed E-state index contributed by atoms with van der Waals surface area (Å²) in [4.78, 5) is 15.8. The van der Waals surface area contributed by atoms with Crippen LogP contribution in [0.25, 0.3) is 5.69 Å². The Hall–Kier alpha value is -3.87. The quantitative estimate of drug-likeness (QED) is 0.319. The zero-order valence-electron chi connectivity index (χ0n) is 21.7. The van der Waals surface area contributed by atoms with Crippen molar-refractivity contribution in [1.29, 1.82) is 0 Å². The van der Waals surface area contributed by atoms with E-state index in [0.29, 0.717) is 17.4 Å². The van der Waals surface area contributed by atoms with E-state index in [4.69, 9.17) is 4.74 Å². The van der Waals surface area contributed by atoms with Crippen LogP contribution < -0.4 is 15.4 Å². The average molecular weight is 495 g/mol. The van der Waals surface area contributed by atoms with Crippen molar-refractivity contribution in [3.05, 3.63) is 107 Å². The Morgan fingerprint density at radius 2 is 1.86 bits per heavy atom. The van der Waals surface area contributed by atoms with Crippen LogP contribution in [-0.4, -0.2) is 41.6 Å². The minimum Gasteiger partial charge on any atom is -0.457 e. The van der Waals surface area contributed by atoms with E-state index in [1.165, 1.54) is 11.1 Å². The molecule has 1 fully saturated rings. The minimum atomic E-state index is -0.166. The molecule has 3 aromatic carbocycles. The number of para-hydroxylation sites is 1. The van der Waals surface area contributed by atoms with Crippen molar-refractivity contribution in [2.24, 2.45) is 0 Å². The molecule has 5 rings (SSSR count). The van der Waals surface area contributed by atoms with Crippen molar-refractivity contribution in [3.63, 3.8) is 0 Å². The zero-order valence-corrected chi connectivity index (χ0v) is 21.7. The topological polar surface area (TPSA) is 58.5 Å². The summed E-state index contributed by atoms with van der Waals surface area (Å²) in [6.07, 6.45) is 5.31. The lowest BCUT2D eigenvalue weighted by Crippen LogP contribution is -2.29. The van der Waals surface area contributed by atoms with Gasteiger partial charge in [0.05, 0.1) is 0 Å². The van der Waals surface area contributed by atoms with E-state index in [9.17, 15) is 4.79 Å². The second-order valence-corrected chi connectivity index (χ2v) is 9.84. The fourth-order valence-electron chi connectivity index (χ4n) is 4.79. The number of hydrogen-bond acceptors (Lipinski definition) is 4. The van der Waals surface area contributed by atoms with Gasteiger partial charge >= 0.3 is 0 Å². The number of anilines is 1. The van der Waals surface area contributed by atoms with Crippen molar-refractivity contribution >= 4 is 11.6 Å². The Bertz CT molecular complexity index is 1380. The number of aromatic nitrogens is 1. The number of likely N-dealkylation sites (tertiary alicyclic amines) is 1. The normalized spacial score (nSPS) is 15.6. The molecule has 1 saturated heterocycles. The molecule has 0 bridgehead atoms. The third kappa shape index (κ3) is 6.10. The van der Waals surface area contributed by atoms with Gasteiger partial charge in [-0.25, -0.2) is 0 Å². The van der Waals surface area contributed by atoms with Crippen LogP contribution in [0.15, 0.2) is 85.2 Å². The number of carbonyl (C=O) groups excluding carboxylic acids is 1. The van der Waals surface area contributed by atoms with E-state index in [1.807, 2.05) is 62.5 Å². The van der Waals surface area contributed by atoms with Crippen molar-refractivity contribution < 1.29 is 9.53 Å². The van der Waals surface area contributed by atoms with Gasteiger partial charge in [-0.1, -0.05) is 24.3 Å². The van der Waals surface area contributed by atoms with Crippen molar-refractivity contribution in [2.75, 3.05) is 25.5 Å². The molecule has 37 heavy (non-hydrogen) atoms. The number of likely N-dealkylation sites (N-methyl/N-ethyl adjacent to an activating group) is 1. The number of nitrogens with one attached hydrogen (secondary N) is 2. The third-order valence-electron chi connectivity index (χ3n) is 6.88. The fraction of sp³-hybridized carbons (Fsp3) is 0.258. The third-order valence-corrected chi connectivity index (χ3v) is 6.88. The number of nitrogens with zero attached hydrogens (tertiary/aromatic N) is 2. The van der Waals surface area contributed by atoms with Gasteiger partial charge in [0, 0.05) is 55.0 Å². The molecule has 0 spiro atoms. The first-order valence-corrected chi connectivity index (χ1v) is 12.8. The number of amides is 1. The highest BCUT2D eigenvalue weighted by Crippen LogP contribution is 2.27. The van der Waals surface area contributed by atoms with E-state index < -0.39 is 0 Å². The number of ether oxygens (including phenoxy) is 1. The minimum absolute atomic E-state index is 0.166. The Morgan fingerprint density at radius 3 is 2.59 bits per heavy atom. The first kappa shape index (κ1) is 24.8. The Labute approximate surface area is 218 Å². The largest absolute Gasteiger partial charge is 0.457 e. The van der Waals surface area contributed by atoms with Crippen LogP contribution in [0, 0.1) is 13.8 Å². The number of rotatable bonds is 8. The summed E-state index contributed by atoms with van der Waals surface area (Å²) in [6.45, 7) is 6.99. The molecule has 2 heterocycles. The Kier molecular flexibility index (Phi) is 7.40. The first-order valence-electron chi connectivity index (χ1n) is 12.8. The van der Waals surface area contributed by atoms with Crippen LogP contribution in [0.5, 0.6) is 11.5 Å². The number of benzene rings is 3. The molecule has 1 aromatic heterocycles. The van der Waals surface area contributed by atoms with E-state index in [-0.39, 0.29) is 5.91 Å². The fourth-order valence-corrected chi connectivity index (χ4v) is 4.79. The molecule has 190 valence electrons. The average Bonchev–Trinajstić information content (AvgIpc) is 3.54. The highest BCUT2D eigenvalue weighted by Gasteiger charge is 2.21. The van der Waals surface area contributed by atoms with Gasteiger partial charge in [0.15, 0.2) is 0 Å². The maximum atomic E-state index is 13.3. The maximum Gasteiger partial charge on any atom is 0.255 e. The molecule has 0 saturated carbocycles. The van der Waals surface area contributed by atoms with Gasteiger partial charge in [-0.15, -0.1) is 0 Å². The van der Waals surface area contributed by atoms with Gasteiger partial charge in [0.1, 0.15) is 11.5 Å². The Morgan fingerprint density at radius 1 is 1.03 bits per heavy atom. The molecule has 1 amide bonds. The van der Waals surface area contributed by atoms with Gasteiger partial charge in [-0.2, -0.15) is 0 Å². The number of carbonyl (C=O) groups is 1. The maximum absolute atomic E-state index is 13.3. The summed E-state index contributed by atoms with van der Waals surface area (Å²) < 4.78 is 8.15. The van der Waals surface area contributed by atoms with Gasteiger partial charge in [0.2, 0.25) is 0 Å². The lowest BCUT2D eigenvalue weighted by molar-refractivity contribution is 0.102. The summed E-state index contributed by atoms with van der Waals surface area (Å²) in [5, 5.41) is 6.52. The molecule has 0 unspecified atom stereocenters. The van der Waals surface area contributed by atoms with Crippen LogP contribution in [0.2, 0.25) is 0 Å². The molecule has 1 atom stereocenters. The molecule has 2 N–H and O–H groups in total. The highest BCUT2D eigenvalue weighted by atomic mass is 16.5. The van der Waals surface area contributed by atoms with Crippen LogP contribution >= 0.6 is 0 Å². The second-order valence-electron chi connectivity index (χ2n) is 9.84. The van der Waals surface area contributed by atoms with Crippen LogP contribution in [-0.2, 0) is 6.54 Å². The highest BCUT2D eigenvalue weighted by molar-refractivity contribution is 6.04. The van der Waals surface area contributed by atoms with Crippen molar-refractivity contribution in [2.45, 2.75) is 32.9 Å². The first-order chi connectivity index (χ1) is 18.0. The molecular weight excluding hydrogens is 460 g/mol. The van der Waals surface area contributed by atoms with Gasteiger partial charge in [-0.05, 0) is 92.5 Å². The SMILES string of the molecule is CN[C@H]1CCN(Cc2cc(NC(=O)c3ccc(C)c(Oc4ccccc4)c3)cc(-n3ccc(C)c3)c2)C1. The summed E-state index contributed by atoms with van der Waals surface area (Å²) >= 11 is 0. The molecule has 1 aliphatic rings. The molecule has 6 heteroatoms. The molecule has 6 nitrogen and oxygen atoms in total. The van der Waals surface area contributed by atoms with E-state index in [2.05, 4.69) is 57.6 Å². The molecular formula is C31H34N4O2. The Balaban J connectivity index is 1.39. The molecule has 4 aromatic rings. The van der Waals surface area contributed by atoms with Crippen LogP contribution in [0.1, 0.15) is 33.5 Å². The van der Waals surface area contributed by atoms with Gasteiger partial charge < -0.3 is 19.9 Å². The predicted molar refractivity (Wildman–Crippen MR) is 149 cm³/mol. The van der Waals surface area contributed by atoms with Crippen molar-refractivity contribution in [1.82, 2.24) is 14.8 Å². The summed E-state index contributed by atoms with van der Waals surface area (Å²) in [5.41, 5.74) is 5.70. The monoisotopic (exact) mass is 494 g/mol. The molecule has 1 aliphatic heterocycles. The predicted octanol–water partition coefficient (Wildman–Crippen LogP) is 5.93. The standard InChI is InChI=1S/C31H34N4O2/c1-22-11-14-35(19-22)28-16-24(20-34-13-12-26(21-34)32-3)15-27(18-28)33-31(36)25-10-9-23(2)30(17-25)37-29-7-5-4-6-8-29/h4-11,14-19,26,32H,12-13,20-21H2,1-3H3,(H,33,36)/t26-/m0/s1. The zero-order chi connectivity index (χ0) is 25.8. The van der Waals surface area contributed by atoms with Gasteiger partial charge in [0.25, 0.3) is 5.91 Å². The second kappa shape index (κ2) is 11.0. The summed E-state index contributed by atoms with van der Waals surface area (Å²) in [7, 11) is 2.03. The van der Waals surface area contributed by atoms with Crippen LogP contribution in [0.4, 0.5) is 5.69 Å². The number of aryl methyl sites for hydroxylation is 2. The lowest BCUT2D eigenvalue weighted by Gasteiger charge is -2.18. The molecule has 0 radical (unpaired) electrons. The summed E-state index contributed by atoms with van der Waals surface area (Å²) in [5.74, 6) is 1.25. The van der Waals surface area contributed by atoms with E-state index in [1.54, 1.807) is 6.07 Å². The number of hydrogen-bond donors (Lipinski definition) is 2. The molecule has 0 aliphatic carbocycles.